The summed E-state index contributed by atoms with van der Waals surface area (Å²) >= 11 is 9.38. The number of rotatable bonds is 4. The van der Waals surface area contributed by atoms with Crippen LogP contribution in [0.4, 0.5) is 11.4 Å². The Bertz CT molecular complexity index is 602. The fourth-order valence-electron chi connectivity index (χ4n) is 1.58. The number of anilines is 1. The molecular weight excluding hydrogens is 332 g/mol. The summed E-state index contributed by atoms with van der Waals surface area (Å²) in [5.41, 5.74) is 1.91. The monoisotopic (exact) mass is 340 g/mol. The second-order valence-electron chi connectivity index (χ2n) is 3.89. The van der Waals surface area contributed by atoms with Crippen LogP contribution in [0.25, 0.3) is 0 Å². The highest BCUT2D eigenvalue weighted by Crippen LogP contribution is 2.23. The van der Waals surface area contributed by atoms with Crippen LogP contribution in [0, 0.1) is 10.1 Å². The van der Waals surface area contributed by atoms with Gasteiger partial charge in [-0.25, -0.2) is 0 Å². The quantitative estimate of drug-likeness (QED) is 0.652. The van der Waals surface area contributed by atoms with E-state index in [0.717, 1.165) is 15.7 Å². The molecule has 0 aliphatic carbocycles. The summed E-state index contributed by atoms with van der Waals surface area (Å²) in [6.07, 6.45) is 0. The Balaban J connectivity index is 2.06. The molecule has 0 amide bonds. The van der Waals surface area contributed by atoms with Gasteiger partial charge in [-0.1, -0.05) is 27.5 Å². The van der Waals surface area contributed by atoms with Crippen molar-refractivity contribution in [2.24, 2.45) is 0 Å². The van der Waals surface area contributed by atoms with Gasteiger partial charge in [0.05, 0.1) is 4.92 Å². The molecule has 0 atom stereocenters. The first-order valence-corrected chi connectivity index (χ1v) is 6.65. The minimum Gasteiger partial charge on any atom is -0.381 e. The lowest BCUT2D eigenvalue weighted by atomic mass is 10.2. The first-order chi connectivity index (χ1) is 9.06. The fourth-order valence-corrected chi connectivity index (χ4v) is 2.16. The second-order valence-corrected chi connectivity index (χ2v) is 5.18. The van der Waals surface area contributed by atoms with Gasteiger partial charge in [0.25, 0.3) is 5.69 Å². The molecule has 6 heteroatoms. The van der Waals surface area contributed by atoms with Crippen LogP contribution >= 0.6 is 27.5 Å². The summed E-state index contributed by atoms with van der Waals surface area (Å²) in [6, 6.07) is 11.8. The number of nitrogens with zero attached hydrogens (tertiary/aromatic N) is 1. The van der Waals surface area contributed by atoms with Crippen LogP contribution < -0.4 is 5.32 Å². The van der Waals surface area contributed by atoms with Crippen molar-refractivity contribution in [1.29, 1.82) is 0 Å². The number of hydrogen-bond acceptors (Lipinski definition) is 3. The van der Waals surface area contributed by atoms with Gasteiger partial charge in [0.2, 0.25) is 0 Å². The predicted octanol–water partition coefficient (Wildman–Crippen LogP) is 4.62. The fraction of sp³-hybridized carbons (Fsp3) is 0.0769. The SMILES string of the molecule is O=[N+]([O-])c1ccc(NCc2cc(Cl)ccc2Br)cc1. The van der Waals surface area contributed by atoms with E-state index >= 15 is 0 Å². The van der Waals surface area contributed by atoms with E-state index in [1.165, 1.54) is 12.1 Å². The molecule has 98 valence electrons. The predicted molar refractivity (Wildman–Crippen MR) is 79.6 cm³/mol. The van der Waals surface area contributed by atoms with Crippen LogP contribution in [0.2, 0.25) is 5.02 Å². The number of halogens is 2. The zero-order valence-corrected chi connectivity index (χ0v) is 12.1. The molecule has 1 N–H and O–H groups in total. The van der Waals surface area contributed by atoms with Gasteiger partial charge in [-0.15, -0.1) is 0 Å². The Labute approximate surface area is 123 Å². The van der Waals surface area contributed by atoms with E-state index in [4.69, 9.17) is 11.6 Å². The van der Waals surface area contributed by atoms with Crippen molar-refractivity contribution in [2.45, 2.75) is 6.54 Å². The van der Waals surface area contributed by atoms with Gasteiger partial charge < -0.3 is 5.32 Å². The van der Waals surface area contributed by atoms with E-state index in [9.17, 15) is 10.1 Å². The van der Waals surface area contributed by atoms with Crippen molar-refractivity contribution >= 4 is 38.9 Å². The lowest BCUT2D eigenvalue weighted by Crippen LogP contribution is -2.00. The molecule has 0 unspecified atom stereocenters. The Hall–Kier alpha value is -1.59. The molecule has 0 aliphatic rings. The first kappa shape index (κ1) is 13.8. The van der Waals surface area contributed by atoms with Gasteiger partial charge in [-0.05, 0) is 35.9 Å². The standard InChI is InChI=1S/C13H10BrClN2O2/c14-13-6-1-10(15)7-9(13)8-16-11-2-4-12(5-3-11)17(18)19/h1-7,16H,8H2. The lowest BCUT2D eigenvalue weighted by molar-refractivity contribution is -0.384. The molecule has 0 saturated carbocycles. The van der Waals surface area contributed by atoms with E-state index in [1.807, 2.05) is 12.1 Å². The Kier molecular flexibility index (Phi) is 4.39. The summed E-state index contributed by atoms with van der Waals surface area (Å²) in [6.45, 7) is 0.582. The average Bonchev–Trinajstić information content (AvgIpc) is 2.40. The maximum absolute atomic E-state index is 10.5. The summed E-state index contributed by atoms with van der Waals surface area (Å²) in [7, 11) is 0. The molecular formula is C13H10BrClN2O2. The van der Waals surface area contributed by atoms with Gasteiger partial charge in [0.15, 0.2) is 0 Å². The van der Waals surface area contributed by atoms with E-state index in [0.29, 0.717) is 11.6 Å². The molecule has 0 bridgehead atoms. The molecule has 0 aliphatic heterocycles. The Morgan fingerprint density at radius 3 is 2.53 bits per heavy atom. The van der Waals surface area contributed by atoms with Gasteiger partial charge >= 0.3 is 0 Å². The molecule has 2 rings (SSSR count). The lowest BCUT2D eigenvalue weighted by Gasteiger charge is -2.08. The molecule has 2 aromatic carbocycles. The van der Waals surface area contributed by atoms with Gasteiger partial charge in [0, 0.05) is 33.9 Å². The van der Waals surface area contributed by atoms with Crippen molar-refractivity contribution in [3.8, 4) is 0 Å². The summed E-state index contributed by atoms with van der Waals surface area (Å²) in [5, 5.41) is 14.4. The molecule has 4 nitrogen and oxygen atoms in total. The van der Waals surface area contributed by atoms with Crippen molar-refractivity contribution in [2.75, 3.05) is 5.32 Å². The van der Waals surface area contributed by atoms with Gasteiger partial charge in [0.1, 0.15) is 0 Å². The third kappa shape index (κ3) is 3.68. The van der Waals surface area contributed by atoms with E-state index in [1.54, 1.807) is 18.2 Å². The highest BCUT2D eigenvalue weighted by Gasteiger charge is 2.04. The number of benzene rings is 2. The van der Waals surface area contributed by atoms with Crippen molar-refractivity contribution in [1.82, 2.24) is 0 Å². The van der Waals surface area contributed by atoms with Crippen molar-refractivity contribution in [3.63, 3.8) is 0 Å². The van der Waals surface area contributed by atoms with E-state index < -0.39 is 4.92 Å². The van der Waals surface area contributed by atoms with Crippen LogP contribution in [-0.2, 0) is 6.54 Å². The van der Waals surface area contributed by atoms with E-state index in [-0.39, 0.29) is 5.69 Å². The van der Waals surface area contributed by atoms with Gasteiger partial charge in [-0.2, -0.15) is 0 Å². The molecule has 19 heavy (non-hydrogen) atoms. The zero-order chi connectivity index (χ0) is 13.8. The van der Waals surface area contributed by atoms with Gasteiger partial charge in [-0.3, -0.25) is 10.1 Å². The van der Waals surface area contributed by atoms with Crippen molar-refractivity contribution < 1.29 is 4.92 Å². The summed E-state index contributed by atoms with van der Waals surface area (Å²) < 4.78 is 0.964. The number of non-ortho nitro benzene ring substituents is 1. The third-order valence-corrected chi connectivity index (χ3v) is 3.58. The first-order valence-electron chi connectivity index (χ1n) is 5.48. The maximum atomic E-state index is 10.5. The number of hydrogen-bond donors (Lipinski definition) is 1. The second kappa shape index (κ2) is 6.04. The zero-order valence-electron chi connectivity index (χ0n) is 9.77. The molecule has 0 heterocycles. The van der Waals surface area contributed by atoms with Crippen LogP contribution in [0.5, 0.6) is 0 Å². The highest BCUT2D eigenvalue weighted by atomic mass is 79.9. The smallest absolute Gasteiger partial charge is 0.269 e. The number of nitrogens with one attached hydrogen (secondary N) is 1. The van der Waals surface area contributed by atoms with Crippen LogP contribution in [0.3, 0.4) is 0 Å². The number of nitro benzene ring substituents is 1. The number of nitro groups is 1. The van der Waals surface area contributed by atoms with Crippen LogP contribution in [0.15, 0.2) is 46.9 Å². The Morgan fingerprint density at radius 2 is 1.89 bits per heavy atom. The summed E-state index contributed by atoms with van der Waals surface area (Å²) in [4.78, 5) is 10.1. The summed E-state index contributed by atoms with van der Waals surface area (Å²) in [5.74, 6) is 0. The topological polar surface area (TPSA) is 55.2 Å². The van der Waals surface area contributed by atoms with Crippen LogP contribution in [-0.4, -0.2) is 4.92 Å². The normalized spacial score (nSPS) is 10.2. The van der Waals surface area contributed by atoms with Crippen LogP contribution in [0.1, 0.15) is 5.56 Å². The highest BCUT2D eigenvalue weighted by molar-refractivity contribution is 9.10. The third-order valence-electron chi connectivity index (χ3n) is 2.57. The molecule has 0 aromatic heterocycles. The molecule has 2 aromatic rings. The van der Waals surface area contributed by atoms with Crippen molar-refractivity contribution in [3.05, 3.63) is 67.6 Å². The molecule has 0 spiro atoms. The van der Waals surface area contributed by atoms with E-state index in [2.05, 4.69) is 21.2 Å². The molecule has 0 saturated heterocycles. The maximum Gasteiger partial charge on any atom is 0.269 e. The minimum absolute atomic E-state index is 0.0782. The largest absolute Gasteiger partial charge is 0.381 e. The molecule has 0 radical (unpaired) electrons. The average molecular weight is 342 g/mol. The minimum atomic E-state index is -0.419. The molecule has 0 fully saturated rings. The Morgan fingerprint density at radius 1 is 1.21 bits per heavy atom.